The van der Waals surface area contributed by atoms with E-state index in [1.54, 1.807) is 7.11 Å². The third-order valence-corrected chi connectivity index (χ3v) is 1.76. The number of hydrogen-bond donors (Lipinski definition) is 2. The highest BCUT2D eigenvalue weighted by molar-refractivity contribution is 5.90. The molecule has 1 heterocycles. The van der Waals surface area contributed by atoms with E-state index in [4.69, 9.17) is 4.74 Å². The fourth-order valence-corrected chi connectivity index (χ4v) is 0.974. The summed E-state index contributed by atoms with van der Waals surface area (Å²) in [6.45, 7) is 2.53. The Bertz CT molecular complexity index is 273. The zero-order valence-corrected chi connectivity index (χ0v) is 8.28. The van der Waals surface area contributed by atoms with Gasteiger partial charge in [-0.2, -0.15) is 5.10 Å². The van der Waals surface area contributed by atoms with E-state index in [0.717, 1.165) is 6.42 Å². The summed E-state index contributed by atoms with van der Waals surface area (Å²) in [5.41, 5.74) is 0. The molecule has 0 spiro atoms. The number of carbonyl (C=O) groups is 1. The highest BCUT2D eigenvalue weighted by Gasteiger charge is 2.11. The van der Waals surface area contributed by atoms with Crippen LogP contribution in [-0.2, 0) is 4.74 Å². The van der Waals surface area contributed by atoms with Crippen LogP contribution in [0.4, 0.5) is 0 Å². The largest absolute Gasteiger partial charge is 0.385 e. The van der Waals surface area contributed by atoms with E-state index in [1.807, 2.05) is 6.92 Å². The maximum atomic E-state index is 11.4. The zero-order chi connectivity index (χ0) is 10.4. The van der Waals surface area contributed by atoms with Crippen LogP contribution in [0.3, 0.4) is 0 Å². The molecular weight excluding hydrogens is 184 g/mol. The van der Waals surface area contributed by atoms with Crippen molar-refractivity contribution in [2.45, 2.75) is 19.4 Å². The minimum Gasteiger partial charge on any atom is -0.385 e. The predicted octanol–water partition coefficient (Wildman–Crippen LogP) is -0.0405. The molecule has 0 aliphatic rings. The maximum Gasteiger partial charge on any atom is 0.288 e. The predicted molar refractivity (Wildman–Crippen MR) is 49.8 cm³/mol. The first-order valence-corrected chi connectivity index (χ1v) is 4.39. The van der Waals surface area contributed by atoms with Crippen molar-refractivity contribution in [3.8, 4) is 0 Å². The SMILES string of the molecule is COCCC(C)NC(=O)c1ncn[nH]1. The molecule has 0 saturated carbocycles. The number of methoxy groups -OCH3 is 1. The summed E-state index contributed by atoms with van der Waals surface area (Å²) in [6, 6.07) is 0.0625. The molecule has 78 valence electrons. The van der Waals surface area contributed by atoms with Gasteiger partial charge in [0.05, 0.1) is 0 Å². The van der Waals surface area contributed by atoms with Gasteiger partial charge in [-0.05, 0) is 13.3 Å². The summed E-state index contributed by atoms with van der Waals surface area (Å²) in [5.74, 6) is -0.0135. The molecule has 1 rings (SSSR count). The van der Waals surface area contributed by atoms with E-state index in [1.165, 1.54) is 6.33 Å². The number of nitrogens with zero attached hydrogens (tertiary/aromatic N) is 2. The molecule has 0 bridgehead atoms. The Morgan fingerprint density at radius 3 is 3.14 bits per heavy atom. The molecule has 0 aliphatic heterocycles. The van der Waals surface area contributed by atoms with Crippen molar-refractivity contribution >= 4 is 5.91 Å². The number of ether oxygens (including phenoxy) is 1. The second-order valence-electron chi connectivity index (χ2n) is 2.99. The van der Waals surface area contributed by atoms with Gasteiger partial charge in [0.2, 0.25) is 5.82 Å². The summed E-state index contributed by atoms with van der Waals surface area (Å²) in [7, 11) is 1.63. The first-order chi connectivity index (χ1) is 6.74. The average Bonchev–Trinajstić information content (AvgIpc) is 2.67. The van der Waals surface area contributed by atoms with Crippen LogP contribution < -0.4 is 5.32 Å². The van der Waals surface area contributed by atoms with E-state index < -0.39 is 0 Å². The minimum atomic E-state index is -0.244. The van der Waals surface area contributed by atoms with Crippen LogP contribution in [0.25, 0.3) is 0 Å². The third kappa shape index (κ3) is 3.14. The summed E-state index contributed by atoms with van der Waals surface area (Å²) < 4.78 is 4.90. The third-order valence-electron chi connectivity index (χ3n) is 1.76. The fourth-order valence-electron chi connectivity index (χ4n) is 0.974. The first-order valence-electron chi connectivity index (χ1n) is 4.39. The molecule has 14 heavy (non-hydrogen) atoms. The van der Waals surface area contributed by atoms with Gasteiger partial charge in [0.1, 0.15) is 6.33 Å². The van der Waals surface area contributed by atoms with Crippen LogP contribution in [0, 0.1) is 0 Å². The lowest BCUT2D eigenvalue weighted by Crippen LogP contribution is -2.34. The Balaban J connectivity index is 2.34. The molecule has 2 N–H and O–H groups in total. The average molecular weight is 198 g/mol. The van der Waals surface area contributed by atoms with Gasteiger partial charge in [-0.15, -0.1) is 0 Å². The van der Waals surface area contributed by atoms with E-state index in [-0.39, 0.29) is 17.8 Å². The molecule has 0 aliphatic carbocycles. The quantitative estimate of drug-likeness (QED) is 0.695. The fraction of sp³-hybridized carbons (Fsp3) is 0.625. The van der Waals surface area contributed by atoms with Crippen molar-refractivity contribution in [1.82, 2.24) is 20.5 Å². The second kappa shape index (κ2) is 5.33. The number of carbonyl (C=O) groups excluding carboxylic acids is 1. The van der Waals surface area contributed by atoms with Crippen LogP contribution in [0.5, 0.6) is 0 Å². The highest BCUT2D eigenvalue weighted by Crippen LogP contribution is 1.93. The number of rotatable bonds is 5. The molecule has 1 unspecified atom stereocenters. The Morgan fingerprint density at radius 2 is 2.57 bits per heavy atom. The lowest BCUT2D eigenvalue weighted by Gasteiger charge is -2.11. The zero-order valence-electron chi connectivity index (χ0n) is 8.28. The van der Waals surface area contributed by atoms with Gasteiger partial charge in [0, 0.05) is 19.8 Å². The molecule has 1 amide bonds. The Morgan fingerprint density at radius 1 is 1.79 bits per heavy atom. The molecule has 0 aromatic carbocycles. The normalized spacial score (nSPS) is 12.4. The van der Waals surface area contributed by atoms with Crippen molar-refractivity contribution in [2.75, 3.05) is 13.7 Å². The molecule has 0 radical (unpaired) electrons. The number of hydrogen-bond acceptors (Lipinski definition) is 4. The van der Waals surface area contributed by atoms with E-state index in [9.17, 15) is 4.79 Å². The number of nitrogens with one attached hydrogen (secondary N) is 2. The van der Waals surface area contributed by atoms with Crippen molar-refractivity contribution in [2.24, 2.45) is 0 Å². The van der Waals surface area contributed by atoms with Crippen molar-refractivity contribution in [3.05, 3.63) is 12.2 Å². The Kier molecular flexibility index (Phi) is 4.06. The van der Waals surface area contributed by atoms with E-state index >= 15 is 0 Å². The maximum absolute atomic E-state index is 11.4. The highest BCUT2D eigenvalue weighted by atomic mass is 16.5. The Labute approximate surface area is 82.1 Å². The standard InChI is InChI=1S/C8H14N4O2/c1-6(3-4-14-2)11-8(13)7-9-5-10-12-7/h5-6H,3-4H2,1-2H3,(H,11,13)(H,9,10,12). The molecule has 6 heteroatoms. The summed E-state index contributed by atoms with van der Waals surface area (Å²) in [6.07, 6.45) is 2.07. The topological polar surface area (TPSA) is 79.9 Å². The number of aromatic nitrogens is 3. The molecule has 0 saturated heterocycles. The van der Waals surface area contributed by atoms with Gasteiger partial charge in [-0.25, -0.2) is 4.98 Å². The smallest absolute Gasteiger partial charge is 0.288 e. The van der Waals surface area contributed by atoms with Crippen molar-refractivity contribution < 1.29 is 9.53 Å². The molecule has 1 aromatic heterocycles. The summed E-state index contributed by atoms with van der Waals surface area (Å²) in [4.78, 5) is 15.1. The Hall–Kier alpha value is -1.43. The van der Waals surface area contributed by atoms with Crippen LogP contribution in [0.1, 0.15) is 24.0 Å². The molecule has 1 atom stereocenters. The summed E-state index contributed by atoms with van der Waals surface area (Å²) >= 11 is 0. The van der Waals surface area contributed by atoms with Gasteiger partial charge >= 0.3 is 0 Å². The van der Waals surface area contributed by atoms with Gasteiger partial charge < -0.3 is 10.1 Å². The van der Waals surface area contributed by atoms with Crippen LogP contribution in [0.15, 0.2) is 6.33 Å². The molecular formula is C8H14N4O2. The van der Waals surface area contributed by atoms with Crippen LogP contribution in [-0.4, -0.2) is 40.8 Å². The van der Waals surface area contributed by atoms with Gasteiger partial charge in [0.25, 0.3) is 5.91 Å². The van der Waals surface area contributed by atoms with Crippen LogP contribution in [0.2, 0.25) is 0 Å². The summed E-state index contributed by atoms with van der Waals surface area (Å²) in [5, 5.41) is 8.85. The molecule has 1 aromatic rings. The molecule has 0 fully saturated rings. The monoisotopic (exact) mass is 198 g/mol. The lowest BCUT2D eigenvalue weighted by molar-refractivity contribution is 0.0919. The van der Waals surface area contributed by atoms with Crippen molar-refractivity contribution in [3.63, 3.8) is 0 Å². The second-order valence-corrected chi connectivity index (χ2v) is 2.99. The van der Waals surface area contributed by atoms with Gasteiger partial charge in [0.15, 0.2) is 0 Å². The number of aromatic amines is 1. The van der Waals surface area contributed by atoms with Crippen LogP contribution >= 0.6 is 0 Å². The lowest BCUT2D eigenvalue weighted by atomic mass is 10.2. The van der Waals surface area contributed by atoms with Gasteiger partial charge in [-0.3, -0.25) is 9.89 Å². The van der Waals surface area contributed by atoms with Gasteiger partial charge in [-0.1, -0.05) is 0 Å². The van der Waals surface area contributed by atoms with E-state index in [0.29, 0.717) is 6.61 Å². The van der Waals surface area contributed by atoms with Crippen molar-refractivity contribution in [1.29, 1.82) is 0 Å². The number of amides is 1. The first kappa shape index (κ1) is 10.6. The molecule has 6 nitrogen and oxygen atoms in total. The minimum absolute atomic E-state index is 0.0625. The van der Waals surface area contributed by atoms with E-state index in [2.05, 4.69) is 20.5 Å². The number of H-pyrrole nitrogens is 1.